The second-order valence-corrected chi connectivity index (χ2v) is 5.77. The number of ether oxygens (including phenoxy) is 1. The minimum atomic E-state index is -0.120. The van der Waals surface area contributed by atoms with Gasteiger partial charge in [0.25, 0.3) is 0 Å². The van der Waals surface area contributed by atoms with Crippen LogP contribution in [0, 0.1) is 5.92 Å². The molecule has 0 radical (unpaired) electrons. The molecule has 2 unspecified atom stereocenters. The average Bonchev–Trinajstić information content (AvgIpc) is 3.18. The van der Waals surface area contributed by atoms with Crippen molar-refractivity contribution in [1.29, 1.82) is 0 Å². The number of amides is 1. The van der Waals surface area contributed by atoms with E-state index in [2.05, 4.69) is 27.7 Å². The number of anilines is 2. The van der Waals surface area contributed by atoms with Gasteiger partial charge in [-0.15, -0.1) is 0 Å². The number of carbonyl (C=O) groups is 1. The van der Waals surface area contributed by atoms with Gasteiger partial charge in [-0.2, -0.15) is 0 Å². The van der Waals surface area contributed by atoms with Crippen molar-refractivity contribution in [3.63, 3.8) is 0 Å². The molecule has 2 heterocycles. The van der Waals surface area contributed by atoms with Crippen LogP contribution in [-0.2, 0) is 9.53 Å². The zero-order valence-corrected chi connectivity index (χ0v) is 12.5. The van der Waals surface area contributed by atoms with Crippen molar-refractivity contribution < 1.29 is 9.53 Å². The van der Waals surface area contributed by atoms with E-state index in [1.54, 1.807) is 0 Å². The molecule has 0 saturated carbocycles. The van der Waals surface area contributed by atoms with Crippen molar-refractivity contribution >= 4 is 17.3 Å². The highest BCUT2D eigenvalue weighted by Crippen LogP contribution is 2.24. The Bertz CT molecular complexity index is 500. The Morgan fingerprint density at radius 3 is 2.86 bits per heavy atom. The fourth-order valence-electron chi connectivity index (χ4n) is 3.09. The van der Waals surface area contributed by atoms with Crippen molar-refractivity contribution in [2.24, 2.45) is 5.92 Å². The molecule has 0 bridgehead atoms. The van der Waals surface area contributed by atoms with Gasteiger partial charge in [0, 0.05) is 30.5 Å². The molecule has 2 aliphatic heterocycles. The fraction of sp³-hybridized carbons (Fsp3) is 0.562. The first-order valence-corrected chi connectivity index (χ1v) is 7.69. The minimum absolute atomic E-state index is 0.0328. The van der Waals surface area contributed by atoms with Crippen molar-refractivity contribution in [2.45, 2.75) is 18.9 Å². The van der Waals surface area contributed by atoms with Crippen LogP contribution in [0.1, 0.15) is 12.8 Å². The highest BCUT2D eigenvalue weighted by Gasteiger charge is 2.33. The van der Waals surface area contributed by atoms with Gasteiger partial charge in [-0.25, -0.2) is 0 Å². The second-order valence-electron chi connectivity index (χ2n) is 5.77. The van der Waals surface area contributed by atoms with E-state index < -0.39 is 0 Å². The maximum absolute atomic E-state index is 12.4. The fourth-order valence-corrected chi connectivity index (χ4v) is 3.09. The molecule has 2 saturated heterocycles. The molecule has 1 amide bonds. The molecule has 1 aromatic carbocycles. The number of nitrogens with zero attached hydrogens (tertiary/aromatic N) is 1. The third kappa shape index (κ3) is 3.19. The Hall–Kier alpha value is -1.59. The summed E-state index contributed by atoms with van der Waals surface area (Å²) in [7, 11) is 1.87. The third-order valence-electron chi connectivity index (χ3n) is 4.37. The van der Waals surface area contributed by atoms with Crippen LogP contribution in [-0.4, -0.2) is 45.3 Å². The van der Waals surface area contributed by atoms with Gasteiger partial charge < -0.3 is 20.3 Å². The van der Waals surface area contributed by atoms with Crippen molar-refractivity contribution in [3.05, 3.63) is 24.3 Å². The van der Waals surface area contributed by atoms with Gasteiger partial charge in [0.05, 0.1) is 19.1 Å². The van der Waals surface area contributed by atoms with E-state index in [1.165, 1.54) is 18.5 Å². The molecular formula is C16H23N3O2. The molecule has 1 aromatic rings. The second kappa shape index (κ2) is 6.45. The Morgan fingerprint density at radius 1 is 1.29 bits per heavy atom. The van der Waals surface area contributed by atoms with Crippen LogP contribution in [0.25, 0.3) is 0 Å². The molecule has 2 atom stereocenters. The molecule has 0 aromatic heterocycles. The lowest BCUT2D eigenvalue weighted by Crippen LogP contribution is -2.39. The Labute approximate surface area is 125 Å². The monoisotopic (exact) mass is 289 g/mol. The molecule has 5 heteroatoms. The molecule has 0 aliphatic carbocycles. The third-order valence-corrected chi connectivity index (χ3v) is 4.37. The average molecular weight is 289 g/mol. The predicted molar refractivity (Wildman–Crippen MR) is 83.7 cm³/mol. The van der Waals surface area contributed by atoms with E-state index in [0.717, 1.165) is 18.8 Å². The standard InChI is InChI=1S/C16H23N3O2/c1-17-15-11-21-10-14(15)16(20)18-12-5-4-6-13(9-12)19-7-2-3-8-19/h4-6,9,14-15,17H,2-3,7-8,10-11H2,1H3,(H,18,20). The minimum Gasteiger partial charge on any atom is -0.379 e. The maximum Gasteiger partial charge on any atom is 0.231 e. The number of likely N-dealkylation sites (N-methyl/N-ethyl adjacent to an activating group) is 1. The van der Waals surface area contributed by atoms with Crippen LogP contribution >= 0.6 is 0 Å². The first-order chi connectivity index (χ1) is 10.3. The number of carbonyl (C=O) groups excluding carboxylic acids is 1. The molecule has 5 nitrogen and oxygen atoms in total. The highest BCUT2D eigenvalue weighted by molar-refractivity contribution is 5.93. The van der Waals surface area contributed by atoms with E-state index in [4.69, 9.17) is 4.74 Å². The summed E-state index contributed by atoms with van der Waals surface area (Å²) in [6, 6.07) is 8.22. The molecule has 3 rings (SSSR count). The van der Waals surface area contributed by atoms with Gasteiger partial charge in [-0.3, -0.25) is 4.79 Å². The van der Waals surface area contributed by atoms with E-state index in [9.17, 15) is 4.79 Å². The SMILES string of the molecule is CNC1COCC1C(=O)Nc1cccc(N2CCCC2)c1. The number of nitrogens with one attached hydrogen (secondary N) is 2. The van der Waals surface area contributed by atoms with E-state index >= 15 is 0 Å². The van der Waals surface area contributed by atoms with Gasteiger partial charge in [0.15, 0.2) is 0 Å². The molecule has 114 valence electrons. The molecule has 2 N–H and O–H groups in total. The largest absolute Gasteiger partial charge is 0.379 e. The molecule has 0 spiro atoms. The van der Waals surface area contributed by atoms with Crippen LogP contribution < -0.4 is 15.5 Å². The molecule has 2 aliphatic rings. The van der Waals surface area contributed by atoms with Gasteiger partial charge >= 0.3 is 0 Å². The van der Waals surface area contributed by atoms with Crippen LogP contribution in [0.3, 0.4) is 0 Å². The van der Waals surface area contributed by atoms with Gasteiger partial charge in [-0.05, 0) is 38.1 Å². The lowest BCUT2D eigenvalue weighted by molar-refractivity contribution is -0.120. The predicted octanol–water partition coefficient (Wildman–Crippen LogP) is 1.46. The van der Waals surface area contributed by atoms with Gasteiger partial charge in [0.2, 0.25) is 5.91 Å². The van der Waals surface area contributed by atoms with Crippen LogP contribution in [0.15, 0.2) is 24.3 Å². The summed E-state index contributed by atoms with van der Waals surface area (Å²) in [5.41, 5.74) is 2.06. The smallest absolute Gasteiger partial charge is 0.231 e. The normalized spacial score (nSPS) is 25.3. The first kappa shape index (κ1) is 14.4. The Balaban J connectivity index is 1.67. The zero-order valence-electron chi connectivity index (χ0n) is 12.5. The summed E-state index contributed by atoms with van der Waals surface area (Å²) in [6.07, 6.45) is 2.50. The summed E-state index contributed by atoms with van der Waals surface area (Å²) in [5.74, 6) is -0.0872. The molecule has 2 fully saturated rings. The summed E-state index contributed by atoms with van der Waals surface area (Å²) in [5, 5.41) is 6.17. The van der Waals surface area contributed by atoms with Crippen molar-refractivity contribution in [2.75, 3.05) is 43.6 Å². The van der Waals surface area contributed by atoms with E-state index in [-0.39, 0.29) is 17.9 Å². The molecule has 21 heavy (non-hydrogen) atoms. The maximum atomic E-state index is 12.4. The first-order valence-electron chi connectivity index (χ1n) is 7.69. The van der Waals surface area contributed by atoms with Crippen LogP contribution in [0.4, 0.5) is 11.4 Å². The number of benzene rings is 1. The lowest BCUT2D eigenvalue weighted by atomic mass is 10.0. The number of hydrogen-bond acceptors (Lipinski definition) is 4. The number of hydrogen-bond donors (Lipinski definition) is 2. The summed E-state index contributed by atoms with van der Waals surface area (Å²) in [6.45, 7) is 3.30. The molecular weight excluding hydrogens is 266 g/mol. The topological polar surface area (TPSA) is 53.6 Å². The van der Waals surface area contributed by atoms with Crippen LogP contribution in [0.5, 0.6) is 0 Å². The Kier molecular flexibility index (Phi) is 4.41. The van der Waals surface area contributed by atoms with Crippen molar-refractivity contribution in [1.82, 2.24) is 5.32 Å². The zero-order chi connectivity index (χ0) is 14.7. The lowest BCUT2D eigenvalue weighted by Gasteiger charge is -2.20. The van der Waals surface area contributed by atoms with Crippen molar-refractivity contribution in [3.8, 4) is 0 Å². The highest BCUT2D eigenvalue weighted by atomic mass is 16.5. The van der Waals surface area contributed by atoms with E-state index in [1.807, 2.05) is 19.2 Å². The summed E-state index contributed by atoms with van der Waals surface area (Å²) >= 11 is 0. The van der Waals surface area contributed by atoms with Crippen LogP contribution in [0.2, 0.25) is 0 Å². The Morgan fingerprint density at radius 2 is 2.10 bits per heavy atom. The van der Waals surface area contributed by atoms with Gasteiger partial charge in [-0.1, -0.05) is 6.07 Å². The number of rotatable bonds is 4. The van der Waals surface area contributed by atoms with E-state index in [0.29, 0.717) is 13.2 Å². The summed E-state index contributed by atoms with van der Waals surface area (Å²) in [4.78, 5) is 14.7. The quantitative estimate of drug-likeness (QED) is 0.881. The summed E-state index contributed by atoms with van der Waals surface area (Å²) < 4.78 is 5.39. The van der Waals surface area contributed by atoms with Gasteiger partial charge in [0.1, 0.15) is 0 Å².